The van der Waals surface area contributed by atoms with Crippen LogP contribution in [0.4, 0.5) is 0 Å². The molecule has 0 nitrogen and oxygen atoms in total. The lowest BCUT2D eigenvalue weighted by molar-refractivity contribution is 0.0652. The normalized spacial score (nSPS) is 35.0. The fourth-order valence-electron chi connectivity index (χ4n) is 3.07. The Kier molecular flexibility index (Phi) is 3.20. The zero-order valence-corrected chi connectivity index (χ0v) is 9.19. The molecule has 0 bridgehead atoms. The van der Waals surface area contributed by atoms with Crippen LogP contribution < -0.4 is 0 Å². The molecule has 12 heavy (non-hydrogen) atoms. The smallest absolute Gasteiger partial charge is 0.0274 e. The summed E-state index contributed by atoms with van der Waals surface area (Å²) in [5, 5.41) is 0. The summed E-state index contributed by atoms with van der Waals surface area (Å²) in [5.41, 5.74) is 0.692. The molecular weight excluding hydrogens is 144 g/mol. The molecule has 0 aromatic carbocycles. The van der Waals surface area contributed by atoms with Gasteiger partial charge in [0.05, 0.1) is 0 Å². The largest absolute Gasteiger partial charge is 0.0648 e. The maximum atomic E-state index is 2.46. The lowest BCUT2D eigenvalue weighted by atomic mass is 9.61. The third kappa shape index (κ3) is 1.67. The van der Waals surface area contributed by atoms with Crippen LogP contribution in [-0.4, -0.2) is 0 Å². The van der Waals surface area contributed by atoms with Crippen LogP contribution in [0.1, 0.15) is 59.8 Å². The zero-order valence-electron chi connectivity index (χ0n) is 9.19. The third-order valence-electron chi connectivity index (χ3n) is 4.30. The molecule has 0 radical (unpaired) electrons. The summed E-state index contributed by atoms with van der Waals surface area (Å²) in [5.74, 6) is 1.93. The molecule has 1 fully saturated rings. The summed E-state index contributed by atoms with van der Waals surface area (Å²) in [6.45, 7) is 9.63. The second-order valence-corrected chi connectivity index (χ2v) is 4.86. The van der Waals surface area contributed by atoms with E-state index in [0.717, 1.165) is 11.8 Å². The van der Waals surface area contributed by atoms with E-state index in [1.807, 2.05) is 0 Å². The van der Waals surface area contributed by atoms with Gasteiger partial charge in [0.25, 0.3) is 0 Å². The van der Waals surface area contributed by atoms with Gasteiger partial charge in [-0.05, 0) is 30.1 Å². The first-order valence-corrected chi connectivity index (χ1v) is 5.64. The van der Waals surface area contributed by atoms with Crippen LogP contribution in [0.3, 0.4) is 0 Å². The first-order chi connectivity index (χ1) is 5.64. The molecule has 2 unspecified atom stereocenters. The van der Waals surface area contributed by atoms with Crippen molar-refractivity contribution in [2.45, 2.75) is 59.8 Å². The summed E-state index contributed by atoms with van der Waals surface area (Å²) < 4.78 is 0. The van der Waals surface area contributed by atoms with Gasteiger partial charge >= 0.3 is 0 Å². The van der Waals surface area contributed by atoms with E-state index < -0.39 is 0 Å². The first kappa shape index (κ1) is 10.1. The molecule has 0 aromatic rings. The fraction of sp³-hybridized carbons (Fsp3) is 1.00. The van der Waals surface area contributed by atoms with Crippen molar-refractivity contribution < 1.29 is 0 Å². The molecular formula is C12H24. The van der Waals surface area contributed by atoms with E-state index in [-0.39, 0.29) is 0 Å². The second-order valence-electron chi connectivity index (χ2n) is 4.86. The highest BCUT2D eigenvalue weighted by atomic mass is 14.4. The molecule has 1 aliphatic rings. The molecule has 72 valence electrons. The van der Waals surface area contributed by atoms with E-state index in [0.29, 0.717) is 5.41 Å². The Morgan fingerprint density at radius 3 is 2.08 bits per heavy atom. The molecule has 0 heteroatoms. The predicted molar refractivity (Wildman–Crippen MR) is 55.2 cm³/mol. The van der Waals surface area contributed by atoms with Crippen molar-refractivity contribution in [1.82, 2.24) is 0 Å². The molecule has 0 N–H and O–H groups in total. The standard InChI is InChI=1S/C12H24/c1-5-12(6-2)9-10(3)7-8-11(12)4/h10-11H,5-9H2,1-4H3. The van der Waals surface area contributed by atoms with Crippen molar-refractivity contribution in [1.29, 1.82) is 0 Å². The Morgan fingerprint density at radius 2 is 1.67 bits per heavy atom. The third-order valence-corrected chi connectivity index (χ3v) is 4.30. The molecule has 0 aromatic heterocycles. The maximum absolute atomic E-state index is 2.46. The van der Waals surface area contributed by atoms with Crippen LogP contribution >= 0.6 is 0 Å². The van der Waals surface area contributed by atoms with E-state index in [1.54, 1.807) is 0 Å². The van der Waals surface area contributed by atoms with E-state index in [1.165, 1.54) is 32.1 Å². The average molecular weight is 168 g/mol. The lowest BCUT2D eigenvalue weighted by Gasteiger charge is -2.44. The van der Waals surface area contributed by atoms with Crippen LogP contribution in [0.25, 0.3) is 0 Å². The van der Waals surface area contributed by atoms with Crippen molar-refractivity contribution in [2.24, 2.45) is 17.3 Å². The Hall–Kier alpha value is 0. The molecule has 1 saturated carbocycles. The second kappa shape index (κ2) is 3.81. The molecule has 0 amide bonds. The number of hydrogen-bond acceptors (Lipinski definition) is 0. The van der Waals surface area contributed by atoms with Gasteiger partial charge in [0.15, 0.2) is 0 Å². The van der Waals surface area contributed by atoms with Gasteiger partial charge in [0, 0.05) is 0 Å². The minimum absolute atomic E-state index is 0.692. The van der Waals surface area contributed by atoms with Gasteiger partial charge in [-0.15, -0.1) is 0 Å². The molecule has 0 heterocycles. The number of rotatable bonds is 2. The summed E-state index contributed by atoms with van der Waals surface area (Å²) in [6, 6.07) is 0. The van der Waals surface area contributed by atoms with Crippen molar-refractivity contribution >= 4 is 0 Å². The molecule has 2 atom stereocenters. The molecule has 0 saturated heterocycles. The predicted octanol–water partition coefficient (Wildman–Crippen LogP) is 4.25. The summed E-state index contributed by atoms with van der Waals surface area (Å²) in [7, 11) is 0. The highest BCUT2D eigenvalue weighted by Gasteiger charge is 2.37. The van der Waals surface area contributed by atoms with Crippen molar-refractivity contribution in [2.75, 3.05) is 0 Å². The topological polar surface area (TPSA) is 0 Å². The van der Waals surface area contributed by atoms with Crippen LogP contribution in [-0.2, 0) is 0 Å². The van der Waals surface area contributed by atoms with Gasteiger partial charge < -0.3 is 0 Å². The fourth-order valence-corrected chi connectivity index (χ4v) is 3.07. The number of hydrogen-bond donors (Lipinski definition) is 0. The highest BCUT2D eigenvalue weighted by molar-refractivity contribution is 4.87. The molecule has 1 rings (SSSR count). The van der Waals surface area contributed by atoms with Crippen LogP contribution in [0, 0.1) is 17.3 Å². The van der Waals surface area contributed by atoms with E-state index >= 15 is 0 Å². The van der Waals surface area contributed by atoms with Gasteiger partial charge in [-0.25, -0.2) is 0 Å². The molecule has 0 spiro atoms. The average Bonchev–Trinajstić information content (AvgIpc) is 2.09. The van der Waals surface area contributed by atoms with Gasteiger partial charge in [0.1, 0.15) is 0 Å². The monoisotopic (exact) mass is 168 g/mol. The highest BCUT2D eigenvalue weighted by Crippen LogP contribution is 2.48. The summed E-state index contributed by atoms with van der Waals surface area (Å²) in [4.78, 5) is 0. The molecule has 1 aliphatic carbocycles. The minimum Gasteiger partial charge on any atom is -0.0648 e. The Labute approximate surface area is 77.7 Å². The van der Waals surface area contributed by atoms with Gasteiger partial charge in [0.2, 0.25) is 0 Å². The zero-order chi connectivity index (χ0) is 9.19. The summed E-state index contributed by atoms with van der Waals surface area (Å²) >= 11 is 0. The Morgan fingerprint density at radius 1 is 1.08 bits per heavy atom. The van der Waals surface area contributed by atoms with Crippen LogP contribution in [0.2, 0.25) is 0 Å². The maximum Gasteiger partial charge on any atom is -0.0274 e. The Balaban J connectivity index is 2.68. The van der Waals surface area contributed by atoms with Gasteiger partial charge in [-0.1, -0.05) is 47.0 Å². The lowest BCUT2D eigenvalue weighted by Crippen LogP contribution is -2.33. The van der Waals surface area contributed by atoms with Crippen LogP contribution in [0.5, 0.6) is 0 Å². The summed E-state index contributed by atoms with van der Waals surface area (Å²) in [6.07, 6.45) is 7.16. The Bertz CT molecular complexity index is 133. The van der Waals surface area contributed by atoms with Crippen molar-refractivity contribution in [3.05, 3.63) is 0 Å². The SMILES string of the molecule is CCC1(CC)CC(C)CCC1C. The van der Waals surface area contributed by atoms with E-state index in [2.05, 4.69) is 27.7 Å². The molecule has 0 aliphatic heterocycles. The first-order valence-electron chi connectivity index (χ1n) is 5.64. The van der Waals surface area contributed by atoms with Crippen molar-refractivity contribution in [3.8, 4) is 0 Å². The van der Waals surface area contributed by atoms with Crippen LogP contribution in [0.15, 0.2) is 0 Å². The quantitative estimate of drug-likeness (QED) is 0.578. The van der Waals surface area contributed by atoms with Crippen molar-refractivity contribution in [3.63, 3.8) is 0 Å². The van der Waals surface area contributed by atoms with E-state index in [9.17, 15) is 0 Å². The van der Waals surface area contributed by atoms with Gasteiger partial charge in [-0.2, -0.15) is 0 Å². The van der Waals surface area contributed by atoms with E-state index in [4.69, 9.17) is 0 Å². The minimum atomic E-state index is 0.692. The van der Waals surface area contributed by atoms with Gasteiger partial charge in [-0.3, -0.25) is 0 Å².